The number of terminal acetylenes is 1. The van der Waals surface area contributed by atoms with E-state index in [9.17, 15) is 0 Å². The van der Waals surface area contributed by atoms with Crippen molar-refractivity contribution in [3.8, 4) is 12.3 Å². The van der Waals surface area contributed by atoms with Gasteiger partial charge in [0.25, 0.3) is 0 Å². The van der Waals surface area contributed by atoms with E-state index in [1.54, 1.807) is 0 Å². The van der Waals surface area contributed by atoms with Crippen LogP contribution < -0.4 is 0 Å². The zero-order chi connectivity index (χ0) is 8.91. The van der Waals surface area contributed by atoms with E-state index < -0.39 is 0 Å². The minimum atomic E-state index is -0.0424. The maximum atomic E-state index is 5.44. The monoisotopic (exact) mass is 168 g/mol. The van der Waals surface area contributed by atoms with Crippen LogP contribution in [0.1, 0.15) is 34.1 Å². The summed E-state index contributed by atoms with van der Waals surface area (Å²) in [5, 5.41) is 0.283. The van der Waals surface area contributed by atoms with Crippen molar-refractivity contribution in [3.63, 3.8) is 0 Å². The van der Waals surface area contributed by atoms with Gasteiger partial charge in [0.2, 0.25) is 9.76 Å². The normalized spacial score (nSPS) is 14.1. The minimum Gasteiger partial charge on any atom is -0.404 e. The van der Waals surface area contributed by atoms with E-state index in [0.717, 1.165) is 6.42 Å². The predicted molar refractivity (Wildman–Crippen MR) is 49.5 cm³/mol. The van der Waals surface area contributed by atoms with E-state index in [-0.39, 0.29) is 11.1 Å². The van der Waals surface area contributed by atoms with E-state index in [4.69, 9.17) is 10.8 Å². The van der Waals surface area contributed by atoms with Gasteiger partial charge in [0, 0.05) is 0 Å². The average Bonchev–Trinajstić information content (AvgIpc) is 2.00. The summed E-state index contributed by atoms with van der Waals surface area (Å²) in [5.74, 6) is 2.55. The van der Waals surface area contributed by atoms with Gasteiger partial charge in [-0.15, -0.1) is 6.42 Å². The first-order valence-electron chi connectivity index (χ1n) is 3.91. The summed E-state index contributed by atoms with van der Waals surface area (Å²) >= 11 is 0. The Bertz CT molecular complexity index is 146. The SMILES string of the molecule is C#CC(C)O[Si]C(C)(C)CC. The van der Waals surface area contributed by atoms with Gasteiger partial charge in [-0.3, -0.25) is 0 Å². The van der Waals surface area contributed by atoms with Crippen LogP contribution in [-0.2, 0) is 4.43 Å². The molecule has 2 heteroatoms. The highest BCUT2D eigenvalue weighted by molar-refractivity contribution is 6.32. The molecule has 0 aliphatic rings. The van der Waals surface area contributed by atoms with Crippen LogP contribution >= 0.6 is 0 Å². The molecule has 2 radical (unpaired) electrons. The Morgan fingerprint density at radius 1 is 1.64 bits per heavy atom. The minimum absolute atomic E-state index is 0.0424. The fourth-order valence-electron chi connectivity index (χ4n) is 0.354. The second kappa shape index (κ2) is 4.58. The topological polar surface area (TPSA) is 9.23 Å². The highest BCUT2D eigenvalue weighted by atomic mass is 28.2. The molecule has 0 heterocycles. The Hall–Kier alpha value is -0.263. The molecule has 1 unspecified atom stereocenters. The molecule has 0 bridgehead atoms. The van der Waals surface area contributed by atoms with Gasteiger partial charge >= 0.3 is 0 Å². The lowest BCUT2D eigenvalue weighted by Crippen LogP contribution is -2.19. The summed E-state index contributed by atoms with van der Waals surface area (Å²) < 4.78 is 5.44. The molecule has 0 spiro atoms. The van der Waals surface area contributed by atoms with Crippen LogP contribution in [0.15, 0.2) is 0 Å². The molecular weight excluding hydrogens is 152 g/mol. The number of hydrogen-bond donors (Lipinski definition) is 0. The summed E-state index contributed by atoms with van der Waals surface area (Å²) in [4.78, 5) is 0. The number of rotatable bonds is 4. The van der Waals surface area contributed by atoms with Crippen LogP contribution in [0.25, 0.3) is 0 Å². The second-order valence-corrected chi connectivity index (χ2v) is 5.06. The third-order valence-corrected chi connectivity index (χ3v) is 3.01. The molecule has 0 saturated heterocycles. The first kappa shape index (κ1) is 10.7. The molecule has 0 saturated carbocycles. The molecule has 0 aliphatic heterocycles. The van der Waals surface area contributed by atoms with Crippen LogP contribution in [0.2, 0.25) is 5.04 Å². The zero-order valence-corrected chi connectivity index (χ0v) is 8.77. The van der Waals surface area contributed by atoms with E-state index in [2.05, 4.69) is 26.7 Å². The molecular formula is C9H16OSi. The van der Waals surface area contributed by atoms with Crippen molar-refractivity contribution >= 4 is 9.76 Å². The van der Waals surface area contributed by atoms with Gasteiger partial charge in [0.1, 0.15) is 6.10 Å². The van der Waals surface area contributed by atoms with Crippen LogP contribution in [0.3, 0.4) is 0 Å². The Morgan fingerprint density at radius 2 is 2.18 bits per heavy atom. The maximum absolute atomic E-state index is 5.44. The lowest BCUT2D eigenvalue weighted by Gasteiger charge is -2.21. The summed E-state index contributed by atoms with van der Waals surface area (Å²) in [7, 11) is 0.504. The lowest BCUT2D eigenvalue weighted by atomic mass is 10.1. The molecule has 11 heavy (non-hydrogen) atoms. The summed E-state index contributed by atoms with van der Waals surface area (Å²) in [6.45, 7) is 8.44. The smallest absolute Gasteiger partial charge is 0.237 e. The standard InChI is InChI=1S/C9H16OSi/c1-6-8(3)10-11-9(4,5)7-2/h1,8H,7H2,2-5H3. The van der Waals surface area contributed by atoms with Crippen LogP contribution in [-0.4, -0.2) is 15.9 Å². The molecule has 0 aromatic heterocycles. The fraction of sp³-hybridized carbons (Fsp3) is 0.778. The van der Waals surface area contributed by atoms with Gasteiger partial charge in [-0.05, 0) is 12.0 Å². The van der Waals surface area contributed by atoms with Crippen molar-refractivity contribution in [2.45, 2.75) is 45.3 Å². The fourth-order valence-corrected chi connectivity index (χ4v) is 1.06. The maximum Gasteiger partial charge on any atom is 0.237 e. The third-order valence-electron chi connectivity index (χ3n) is 1.63. The van der Waals surface area contributed by atoms with Crippen molar-refractivity contribution in [3.05, 3.63) is 0 Å². The Labute approximate surface area is 72.5 Å². The van der Waals surface area contributed by atoms with Gasteiger partial charge in [0.15, 0.2) is 0 Å². The Balaban J connectivity index is 3.63. The zero-order valence-electron chi connectivity index (χ0n) is 7.77. The quantitative estimate of drug-likeness (QED) is 0.462. The molecule has 0 aromatic carbocycles. The molecule has 1 nitrogen and oxygen atoms in total. The second-order valence-electron chi connectivity index (χ2n) is 3.27. The molecule has 0 N–H and O–H groups in total. The van der Waals surface area contributed by atoms with Crippen molar-refractivity contribution in [1.82, 2.24) is 0 Å². The summed E-state index contributed by atoms with van der Waals surface area (Å²) in [5.41, 5.74) is 0. The van der Waals surface area contributed by atoms with E-state index >= 15 is 0 Å². The molecule has 0 aromatic rings. The molecule has 62 valence electrons. The molecule has 1 atom stereocenters. The molecule has 0 amide bonds. The van der Waals surface area contributed by atoms with Gasteiger partial charge in [-0.2, -0.15) is 0 Å². The van der Waals surface area contributed by atoms with Gasteiger partial charge in [-0.1, -0.05) is 33.1 Å². The van der Waals surface area contributed by atoms with Crippen molar-refractivity contribution in [2.75, 3.05) is 0 Å². The molecule has 0 aliphatic carbocycles. The van der Waals surface area contributed by atoms with Crippen molar-refractivity contribution in [1.29, 1.82) is 0 Å². The Morgan fingerprint density at radius 3 is 2.55 bits per heavy atom. The summed E-state index contributed by atoms with van der Waals surface area (Å²) in [6, 6.07) is 0. The van der Waals surface area contributed by atoms with E-state index in [1.807, 2.05) is 6.92 Å². The first-order chi connectivity index (χ1) is 5.02. The Kier molecular flexibility index (Phi) is 4.47. The molecule has 0 rings (SSSR count). The lowest BCUT2D eigenvalue weighted by molar-refractivity contribution is 0.278. The highest BCUT2D eigenvalue weighted by Gasteiger charge is 2.18. The first-order valence-corrected chi connectivity index (χ1v) is 4.81. The largest absolute Gasteiger partial charge is 0.404 e. The average molecular weight is 168 g/mol. The predicted octanol–water partition coefficient (Wildman–Crippen LogP) is 2.25. The van der Waals surface area contributed by atoms with Crippen LogP contribution in [0.4, 0.5) is 0 Å². The van der Waals surface area contributed by atoms with E-state index in [1.165, 1.54) is 0 Å². The van der Waals surface area contributed by atoms with Gasteiger partial charge in [-0.25, -0.2) is 0 Å². The van der Waals surface area contributed by atoms with E-state index in [0.29, 0.717) is 9.76 Å². The summed E-state index contributed by atoms with van der Waals surface area (Å²) in [6.07, 6.45) is 6.26. The van der Waals surface area contributed by atoms with Crippen molar-refractivity contribution < 1.29 is 4.43 Å². The van der Waals surface area contributed by atoms with Crippen LogP contribution in [0, 0.1) is 12.3 Å². The third kappa shape index (κ3) is 5.06. The highest BCUT2D eigenvalue weighted by Crippen LogP contribution is 2.26. The molecule has 0 fully saturated rings. The van der Waals surface area contributed by atoms with Gasteiger partial charge in [0.05, 0.1) is 0 Å². The van der Waals surface area contributed by atoms with Crippen molar-refractivity contribution in [2.24, 2.45) is 0 Å². The van der Waals surface area contributed by atoms with Gasteiger partial charge < -0.3 is 4.43 Å². The van der Waals surface area contributed by atoms with Crippen LogP contribution in [0.5, 0.6) is 0 Å². The number of hydrogen-bond acceptors (Lipinski definition) is 1.